The molecule has 1 heterocycles. The van der Waals surface area contributed by atoms with Crippen molar-refractivity contribution in [2.24, 2.45) is 0 Å². The van der Waals surface area contributed by atoms with Gasteiger partial charge < -0.3 is 10.1 Å². The third kappa shape index (κ3) is 7.00. The number of hydrogen-bond donors (Lipinski definition) is 1. The zero-order chi connectivity index (χ0) is 22.1. The molecular weight excluding hydrogens is 408 g/mol. The molecule has 0 aliphatic heterocycles. The van der Waals surface area contributed by atoms with Crippen molar-refractivity contribution >= 4 is 17.7 Å². The Labute approximate surface area is 187 Å². The molecule has 0 atom stereocenters. The molecule has 1 aromatic heterocycles. The van der Waals surface area contributed by atoms with Gasteiger partial charge in [0.25, 0.3) is 0 Å². The van der Waals surface area contributed by atoms with Crippen LogP contribution in [0.15, 0.2) is 66.3 Å². The Balaban J connectivity index is 1.53. The molecular formula is C24H28N4O2S. The Kier molecular flexibility index (Phi) is 8.29. The molecule has 6 nitrogen and oxygen atoms in total. The van der Waals surface area contributed by atoms with E-state index in [9.17, 15) is 4.79 Å². The number of aryl methyl sites for hydroxylation is 2. The van der Waals surface area contributed by atoms with Gasteiger partial charge in [0.15, 0.2) is 11.0 Å². The Morgan fingerprint density at radius 3 is 2.61 bits per heavy atom. The van der Waals surface area contributed by atoms with Crippen molar-refractivity contribution in [1.29, 1.82) is 0 Å². The fraction of sp³-hybridized carbons (Fsp3) is 0.292. The van der Waals surface area contributed by atoms with Crippen LogP contribution in [-0.4, -0.2) is 33.0 Å². The highest BCUT2D eigenvalue weighted by Gasteiger charge is 2.14. The first-order valence-electron chi connectivity index (χ1n) is 10.2. The summed E-state index contributed by atoms with van der Waals surface area (Å²) in [5, 5.41) is 12.1. The lowest BCUT2D eigenvalue weighted by Crippen LogP contribution is -2.27. The van der Waals surface area contributed by atoms with Gasteiger partial charge in [-0.2, -0.15) is 0 Å². The molecule has 2 aromatic carbocycles. The highest BCUT2D eigenvalue weighted by molar-refractivity contribution is 7.99. The number of aromatic nitrogens is 3. The van der Waals surface area contributed by atoms with Gasteiger partial charge in [0.1, 0.15) is 12.4 Å². The molecule has 0 bridgehead atoms. The Morgan fingerprint density at radius 1 is 1.16 bits per heavy atom. The van der Waals surface area contributed by atoms with Gasteiger partial charge in [-0.15, -0.1) is 16.8 Å². The number of ether oxygens (including phenoxy) is 1. The van der Waals surface area contributed by atoms with E-state index in [4.69, 9.17) is 4.74 Å². The van der Waals surface area contributed by atoms with Crippen LogP contribution >= 0.6 is 11.8 Å². The average Bonchev–Trinajstić information content (AvgIpc) is 3.13. The first kappa shape index (κ1) is 22.6. The van der Waals surface area contributed by atoms with E-state index in [1.54, 1.807) is 6.08 Å². The highest BCUT2D eigenvalue weighted by atomic mass is 32.2. The molecule has 0 saturated carbocycles. The quantitative estimate of drug-likeness (QED) is 0.362. The number of allylic oxidation sites excluding steroid dienone is 1. The predicted octanol–water partition coefficient (Wildman–Crippen LogP) is 4.11. The number of hydrogen-bond acceptors (Lipinski definition) is 5. The first-order valence-corrected chi connectivity index (χ1v) is 11.2. The van der Waals surface area contributed by atoms with Crippen LogP contribution in [0.25, 0.3) is 0 Å². The summed E-state index contributed by atoms with van der Waals surface area (Å²) >= 11 is 1.36. The topological polar surface area (TPSA) is 69.0 Å². The SMILES string of the molecule is C=CCn1c(COc2cc(C)cc(C)c2)nnc1SCC(=O)NCCc1ccccc1. The molecule has 0 radical (unpaired) electrons. The monoisotopic (exact) mass is 436 g/mol. The van der Waals surface area contributed by atoms with Crippen molar-refractivity contribution in [3.63, 3.8) is 0 Å². The average molecular weight is 437 g/mol. The van der Waals surface area contributed by atoms with E-state index >= 15 is 0 Å². The van der Waals surface area contributed by atoms with Gasteiger partial charge in [0, 0.05) is 13.1 Å². The lowest BCUT2D eigenvalue weighted by Gasteiger charge is -2.10. The number of carbonyl (C=O) groups excluding carboxylic acids is 1. The molecule has 1 amide bonds. The van der Waals surface area contributed by atoms with Gasteiger partial charge in [-0.3, -0.25) is 9.36 Å². The minimum Gasteiger partial charge on any atom is -0.486 e. The van der Waals surface area contributed by atoms with Crippen molar-refractivity contribution < 1.29 is 9.53 Å². The third-order valence-electron chi connectivity index (χ3n) is 4.58. The molecule has 3 aromatic rings. The number of nitrogens with one attached hydrogen (secondary N) is 1. The van der Waals surface area contributed by atoms with Crippen molar-refractivity contribution in [2.45, 2.75) is 38.6 Å². The molecule has 31 heavy (non-hydrogen) atoms. The van der Waals surface area contributed by atoms with Gasteiger partial charge >= 0.3 is 0 Å². The molecule has 0 aliphatic carbocycles. The first-order chi connectivity index (χ1) is 15.0. The predicted molar refractivity (Wildman–Crippen MR) is 124 cm³/mol. The number of nitrogens with zero attached hydrogens (tertiary/aromatic N) is 3. The second-order valence-electron chi connectivity index (χ2n) is 7.28. The number of thioether (sulfide) groups is 1. The number of rotatable bonds is 11. The second kappa shape index (κ2) is 11.4. The van der Waals surface area contributed by atoms with Crippen LogP contribution in [0.5, 0.6) is 5.75 Å². The summed E-state index contributed by atoms with van der Waals surface area (Å²) in [7, 11) is 0. The van der Waals surface area contributed by atoms with E-state index in [1.807, 2.05) is 48.7 Å². The number of amides is 1. The highest BCUT2D eigenvalue weighted by Crippen LogP contribution is 2.20. The van der Waals surface area contributed by atoms with Gasteiger partial charge in [0.05, 0.1) is 5.75 Å². The number of carbonyl (C=O) groups is 1. The van der Waals surface area contributed by atoms with E-state index < -0.39 is 0 Å². The molecule has 7 heteroatoms. The molecule has 1 N–H and O–H groups in total. The van der Waals surface area contributed by atoms with E-state index in [2.05, 4.69) is 40.3 Å². The van der Waals surface area contributed by atoms with Crippen LogP contribution in [-0.2, 0) is 24.4 Å². The Bertz CT molecular complexity index is 997. The fourth-order valence-electron chi connectivity index (χ4n) is 3.18. The van der Waals surface area contributed by atoms with Crippen molar-refractivity contribution in [2.75, 3.05) is 12.3 Å². The summed E-state index contributed by atoms with van der Waals surface area (Å²) < 4.78 is 7.86. The van der Waals surface area contributed by atoms with Crippen LogP contribution in [0.1, 0.15) is 22.5 Å². The standard InChI is InChI=1S/C24H28N4O2S/c1-4-12-28-22(16-30-21-14-18(2)13-19(3)15-21)26-27-24(28)31-17-23(29)25-11-10-20-8-6-5-7-9-20/h4-9,13-15H,1,10-12,16-17H2,2-3H3,(H,25,29). The van der Waals surface area contributed by atoms with E-state index in [0.29, 0.717) is 30.7 Å². The summed E-state index contributed by atoms with van der Waals surface area (Å²) in [6.07, 6.45) is 2.59. The van der Waals surface area contributed by atoms with Crippen molar-refractivity contribution in [3.05, 3.63) is 83.7 Å². The maximum Gasteiger partial charge on any atom is 0.230 e. The van der Waals surface area contributed by atoms with Gasteiger partial charge in [-0.05, 0) is 49.1 Å². The van der Waals surface area contributed by atoms with Crippen LogP contribution in [0.4, 0.5) is 0 Å². The minimum absolute atomic E-state index is 0.0258. The Hall–Kier alpha value is -3.06. The maximum atomic E-state index is 12.2. The van der Waals surface area contributed by atoms with Gasteiger partial charge in [0.2, 0.25) is 5.91 Å². The number of benzene rings is 2. The van der Waals surface area contributed by atoms with Crippen LogP contribution in [0.3, 0.4) is 0 Å². The second-order valence-corrected chi connectivity index (χ2v) is 8.23. The molecule has 0 aliphatic rings. The fourth-order valence-corrected chi connectivity index (χ4v) is 3.98. The van der Waals surface area contributed by atoms with Crippen LogP contribution in [0.2, 0.25) is 0 Å². The molecule has 0 unspecified atom stereocenters. The summed E-state index contributed by atoms with van der Waals surface area (Å²) in [4.78, 5) is 12.2. The smallest absolute Gasteiger partial charge is 0.230 e. The largest absolute Gasteiger partial charge is 0.486 e. The van der Waals surface area contributed by atoms with E-state index in [0.717, 1.165) is 23.3 Å². The summed E-state index contributed by atoms with van der Waals surface area (Å²) in [5.74, 6) is 1.76. The maximum absolute atomic E-state index is 12.2. The lowest BCUT2D eigenvalue weighted by molar-refractivity contribution is -0.118. The molecule has 3 rings (SSSR count). The van der Waals surface area contributed by atoms with E-state index in [1.165, 1.54) is 17.3 Å². The van der Waals surface area contributed by atoms with Crippen LogP contribution < -0.4 is 10.1 Å². The lowest BCUT2D eigenvalue weighted by atomic mass is 10.1. The van der Waals surface area contributed by atoms with Crippen molar-refractivity contribution in [3.8, 4) is 5.75 Å². The van der Waals surface area contributed by atoms with Gasteiger partial charge in [-0.1, -0.05) is 54.2 Å². The summed E-state index contributed by atoms with van der Waals surface area (Å²) in [6.45, 7) is 9.36. The third-order valence-corrected chi connectivity index (χ3v) is 5.55. The Morgan fingerprint density at radius 2 is 1.90 bits per heavy atom. The van der Waals surface area contributed by atoms with Gasteiger partial charge in [-0.25, -0.2) is 0 Å². The molecule has 162 valence electrons. The normalized spacial score (nSPS) is 10.6. The minimum atomic E-state index is -0.0258. The van der Waals surface area contributed by atoms with Crippen LogP contribution in [0, 0.1) is 13.8 Å². The molecule has 0 saturated heterocycles. The summed E-state index contributed by atoms with van der Waals surface area (Å²) in [5.41, 5.74) is 3.50. The molecule has 0 spiro atoms. The van der Waals surface area contributed by atoms with Crippen molar-refractivity contribution in [1.82, 2.24) is 20.1 Å². The zero-order valence-electron chi connectivity index (χ0n) is 18.0. The summed E-state index contributed by atoms with van der Waals surface area (Å²) in [6, 6.07) is 16.2. The zero-order valence-corrected chi connectivity index (χ0v) is 18.8. The van der Waals surface area contributed by atoms with E-state index in [-0.39, 0.29) is 11.7 Å². The molecule has 0 fully saturated rings.